The standard InChI is InChI=1S/C11H18N4O/c1-14-7-8(6-13-14)11-9(12)4-3-5-10(16)15(11)2/h6-7,9,11H,3-5,12H2,1-2H3. The Bertz CT molecular complexity index is 387. The molecule has 2 N–H and O–H groups in total. The van der Waals surface area contributed by atoms with Crippen LogP contribution >= 0.6 is 0 Å². The van der Waals surface area contributed by atoms with E-state index in [1.54, 1.807) is 15.8 Å². The highest BCUT2D eigenvalue weighted by atomic mass is 16.2. The van der Waals surface area contributed by atoms with Crippen LogP contribution in [0.2, 0.25) is 0 Å². The molecule has 2 rings (SSSR count). The zero-order valence-corrected chi connectivity index (χ0v) is 9.76. The Labute approximate surface area is 95.2 Å². The summed E-state index contributed by atoms with van der Waals surface area (Å²) < 4.78 is 1.74. The molecule has 0 spiro atoms. The Morgan fingerprint density at radius 2 is 2.25 bits per heavy atom. The predicted molar refractivity (Wildman–Crippen MR) is 60.5 cm³/mol. The lowest BCUT2D eigenvalue weighted by Gasteiger charge is -2.29. The first kappa shape index (κ1) is 11.1. The van der Waals surface area contributed by atoms with Crippen molar-refractivity contribution in [1.29, 1.82) is 0 Å². The van der Waals surface area contributed by atoms with Gasteiger partial charge in [-0.1, -0.05) is 0 Å². The molecule has 2 unspecified atom stereocenters. The molecule has 1 aliphatic heterocycles. The van der Waals surface area contributed by atoms with Crippen molar-refractivity contribution in [3.63, 3.8) is 0 Å². The van der Waals surface area contributed by atoms with E-state index in [0.717, 1.165) is 18.4 Å². The predicted octanol–water partition coefficient (Wildman–Crippen LogP) is 0.431. The molecule has 0 aromatic carbocycles. The summed E-state index contributed by atoms with van der Waals surface area (Å²) in [7, 11) is 3.69. The van der Waals surface area contributed by atoms with Crippen LogP contribution in [-0.4, -0.2) is 33.7 Å². The molecule has 0 saturated carbocycles. The van der Waals surface area contributed by atoms with Crippen LogP contribution in [0.1, 0.15) is 30.9 Å². The van der Waals surface area contributed by atoms with Crippen LogP contribution in [0.3, 0.4) is 0 Å². The Balaban J connectivity index is 2.31. The Kier molecular flexibility index (Phi) is 2.96. The van der Waals surface area contributed by atoms with Gasteiger partial charge in [-0.3, -0.25) is 9.48 Å². The SMILES string of the molecule is CN1C(=O)CCCC(N)C1c1cnn(C)c1. The molecule has 5 nitrogen and oxygen atoms in total. The molecule has 1 aliphatic rings. The zero-order chi connectivity index (χ0) is 11.7. The molecular weight excluding hydrogens is 204 g/mol. The molecule has 2 heterocycles. The molecule has 2 atom stereocenters. The van der Waals surface area contributed by atoms with Crippen molar-refractivity contribution in [2.24, 2.45) is 12.8 Å². The van der Waals surface area contributed by atoms with E-state index in [4.69, 9.17) is 5.73 Å². The number of aromatic nitrogens is 2. The first-order valence-corrected chi connectivity index (χ1v) is 5.59. The fraction of sp³-hybridized carbons (Fsp3) is 0.636. The van der Waals surface area contributed by atoms with E-state index in [0.29, 0.717) is 6.42 Å². The van der Waals surface area contributed by atoms with Crippen LogP contribution in [0, 0.1) is 0 Å². The smallest absolute Gasteiger partial charge is 0.222 e. The number of likely N-dealkylation sites (N-methyl/N-ethyl adjacent to an activating group) is 1. The maximum absolute atomic E-state index is 11.8. The van der Waals surface area contributed by atoms with Crippen molar-refractivity contribution in [2.75, 3.05) is 7.05 Å². The second-order valence-electron chi connectivity index (χ2n) is 4.45. The molecule has 1 fully saturated rings. The lowest BCUT2D eigenvalue weighted by molar-refractivity contribution is -0.131. The highest BCUT2D eigenvalue weighted by Gasteiger charge is 2.30. The zero-order valence-electron chi connectivity index (χ0n) is 9.76. The van der Waals surface area contributed by atoms with Crippen molar-refractivity contribution in [3.05, 3.63) is 18.0 Å². The van der Waals surface area contributed by atoms with E-state index in [1.807, 2.05) is 20.3 Å². The first-order valence-electron chi connectivity index (χ1n) is 5.59. The number of aryl methyl sites for hydroxylation is 1. The topological polar surface area (TPSA) is 64.2 Å². The van der Waals surface area contributed by atoms with Crippen LogP contribution in [0.4, 0.5) is 0 Å². The van der Waals surface area contributed by atoms with Gasteiger partial charge in [0.25, 0.3) is 0 Å². The van der Waals surface area contributed by atoms with Crippen LogP contribution in [0.25, 0.3) is 0 Å². The third kappa shape index (κ3) is 1.95. The number of hydrogen-bond acceptors (Lipinski definition) is 3. The van der Waals surface area contributed by atoms with Crippen molar-refractivity contribution < 1.29 is 4.79 Å². The van der Waals surface area contributed by atoms with E-state index in [-0.39, 0.29) is 18.0 Å². The minimum atomic E-state index is -0.0382. The lowest BCUT2D eigenvalue weighted by atomic mass is 9.99. The number of nitrogens with two attached hydrogens (primary N) is 1. The number of nitrogens with zero attached hydrogens (tertiary/aromatic N) is 3. The molecule has 16 heavy (non-hydrogen) atoms. The summed E-state index contributed by atoms with van der Waals surface area (Å²) in [6.07, 6.45) is 6.08. The minimum Gasteiger partial charge on any atom is -0.337 e. The first-order chi connectivity index (χ1) is 7.59. The fourth-order valence-electron chi connectivity index (χ4n) is 2.33. The van der Waals surface area contributed by atoms with Gasteiger partial charge >= 0.3 is 0 Å². The van der Waals surface area contributed by atoms with Crippen LogP contribution < -0.4 is 5.73 Å². The van der Waals surface area contributed by atoms with Crippen LogP contribution in [-0.2, 0) is 11.8 Å². The van der Waals surface area contributed by atoms with Crippen molar-refractivity contribution in [1.82, 2.24) is 14.7 Å². The largest absolute Gasteiger partial charge is 0.337 e. The fourth-order valence-corrected chi connectivity index (χ4v) is 2.33. The normalized spacial score (nSPS) is 26.9. The Morgan fingerprint density at radius 1 is 1.50 bits per heavy atom. The van der Waals surface area contributed by atoms with E-state index in [1.165, 1.54) is 0 Å². The van der Waals surface area contributed by atoms with Crippen LogP contribution in [0.15, 0.2) is 12.4 Å². The summed E-state index contributed by atoms with van der Waals surface area (Å²) in [5.74, 6) is 0.168. The van der Waals surface area contributed by atoms with Crippen LogP contribution in [0.5, 0.6) is 0 Å². The van der Waals surface area contributed by atoms with Gasteiger partial charge in [0.05, 0.1) is 12.2 Å². The van der Waals surface area contributed by atoms with Gasteiger partial charge in [0.2, 0.25) is 5.91 Å². The second-order valence-corrected chi connectivity index (χ2v) is 4.45. The molecule has 0 bridgehead atoms. The monoisotopic (exact) mass is 222 g/mol. The molecular formula is C11H18N4O. The second kappa shape index (κ2) is 4.25. The van der Waals surface area contributed by atoms with Gasteiger partial charge in [-0.2, -0.15) is 5.10 Å². The third-order valence-corrected chi connectivity index (χ3v) is 3.21. The number of likely N-dealkylation sites (tertiary alicyclic amines) is 1. The molecule has 0 radical (unpaired) electrons. The summed E-state index contributed by atoms with van der Waals surface area (Å²) >= 11 is 0. The number of carbonyl (C=O) groups is 1. The number of hydrogen-bond donors (Lipinski definition) is 1. The summed E-state index contributed by atoms with van der Waals surface area (Å²) in [5, 5.41) is 4.14. The van der Waals surface area contributed by atoms with Crippen molar-refractivity contribution in [2.45, 2.75) is 31.3 Å². The minimum absolute atomic E-state index is 0.000602. The third-order valence-electron chi connectivity index (χ3n) is 3.21. The average molecular weight is 222 g/mol. The maximum atomic E-state index is 11.8. The molecule has 5 heteroatoms. The van der Waals surface area contributed by atoms with Gasteiger partial charge in [0, 0.05) is 38.3 Å². The molecule has 0 aliphatic carbocycles. The molecule has 1 aromatic heterocycles. The highest BCUT2D eigenvalue weighted by molar-refractivity contribution is 5.76. The number of carbonyl (C=O) groups excluding carboxylic acids is 1. The van der Waals surface area contributed by atoms with E-state index < -0.39 is 0 Å². The summed E-state index contributed by atoms with van der Waals surface area (Å²) in [6.45, 7) is 0. The van der Waals surface area contributed by atoms with E-state index in [2.05, 4.69) is 5.10 Å². The summed E-state index contributed by atoms with van der Waals surface area (Å²) in [4.78, 5) is 13.6. The van der Waals surface area contributed by atoms with Gasteiger partial charge in [-0.05, 0) is 12.8 Å². The average Bonchev–Trinajstić information content (AvgIpc) is 2.59. The molecule has 1 amide bonds. The van der Waals surface area contributed by atoms with Gasteiger partial charge in [0.15, 0.2) is 0 Å². The molecule has 1 aromatic rings. The summed E-state index contributed by atoms with van der Waals surface area (Å²) in [6, 6.07) is -0.0376. The van der Waals surface area contributed by atoms with Crippen molar-refractivity contribution >= 4 is 5.91 Å². The Hall–Kier alpha value is -1.36. The van der Waals surface area contributed by atoms with Gasteiger partial charge in [0.1, 0.15) is 0 Å². The van der Waals surface area contributed by atoms with E-state index in [9.17, 15) is 4.79 Å². The number of rotatable bonds is 1. The van der Waals surface area contributed by atoms with Crippen molar-refractivity contribution in [3.8, 4) is 0 Å². The quantitative estimate of drug-likeness (QED) is 0.749. The van der Waals surface area contributed by atoms with Gasteiger partial charge in [-0.25, -0.2) is 0 Å². The Morgan fingerprint density at radius 3 is 2.88 bits per heavy atom. The number of amides is 1. The van der Waals surface area contributed by atoms with Gasteiger partial charge < -0.3 is 10.6 Å². The lowest BCUT2D eigenvalue weighted by Crippen LogP contribution is -2.39. The highest BCUT2D eigenvalue weighted by Crippen LogP contribution is 2.28. The molecule has 88 valence electrons. The maximum Gasteiger partial charge on any atom is 0.222 e. The molecule has 1 saturated heterocycles. The van der Waals surface area contributed by atoms with Gasteiger partial charge in [-0.15, -0.1) is 0 Å². The summed E-state index contributed by atoms with van der Waals surface area (Å²) in [5.41, 5.74) is 7.16. The van der Waals surface area contributed by atoms with E-state index >= 15 is 0 Å².